The molecule has 0 unspecified atom stereocenters. The fourth-order valence-electron chi connectivity index (χ4n) is 1.43. The molecule has 0 saturated carbocycles. The van der Waals surface area contributed by atoms with Gasteiger partial charge in [-0.05, 0) is 25.1 Å². The second-order valence-corrected chi connectivity index (χ2v) is 4.32. The van der Waals surface area contributed by atoms with Crippen molar-refractivity contribution in [2.45, 2.75) is 6.92 Å². The van der Waals surface area contributed by atoms with Gasteiger partial charge in [-0.25, -0.2) is 4.98 Å². The average molecular weight is 298 g/mol. The molecule has 0 fully saturated rings. The smallest absolute Gasteiger partial charge is 0.325 e. The monoisotopic (exact) mass is 297 g/mol. The molecule has 1 aromatic carbocycles. The van der Waals surface area contributed by atoms with Crippen molar-refractivity contribution < 1.29 is 9.53 Å². The molecule has 1 aromatic heterocycles. The van der Waals surface area contributed by atoms with Crippen LogP contribution in [0, 0.1) is 0 Å². The zero-order valence-corrected chi connectivity index (χ0v) is 10.9. The maximum absolute atomic E-state index is 11.2. The zero-order valence-electron chi connectivity index (χ0n) is 9.29. The van der Waals surface area contributed by atoms with E-state index in [1.165, 1.54) is 0 Å². The van der Waals surface area contributed by atoms with Crippen LogP contribution < -0.4 is 5.32 Å². The summed E-state index contributed by atoms with van der Waals surface area (Å²) in [6.07, 6.45) is 0. The van der Waals surface area contributed by atoms with Crippen LogP contribution in [-0.4, -0.2) is 29.1 Å². The van der Waals surface area contributed by atoms with Crippen molar-refractivity contribution in [2.24, 2.45) is 0 Å². The standard InChI is InChI=1S/C11H12BrN3O2/c1-2-17-10(16)6-13-11-14-8-4-3-7(12)5-9(8)15-11/h3-5H,2,6H2,1H3,(H2,13,14,15). The molecular formula is C11H12BrN3O2. The lowest BCUT2D eigenvalue weighted by Gasteiger charge is -2.01. The number of carbonyl (C=O) groups excluding carboxylic acids is 1. The van der Waals surface area contributed by atoms with Crippen molar-refractivity contribution in [3.05, 3.63) is 22.7 Å². The highest BCUT2D eigenvalue weighted by atomic mass is 79.9. The number of aromatic nitrogens is 2. The fourth-order valence-corrected chi connectivity index (χ4v) is 1.79. The Bertz CT molecular complexity index is 538. The van der Waals surface area contributed by atoms with Gasteiger partial charge in [0.25, 0.3) is 0 Å². The highest BCUT2D eigenvalue weighted by Gasteiger charge is 2.05. The number of hydrogen-bond donors (Lipinski definition) is 2. The molecule has 0 aliphatic heterocycles. The van der Waals surface area contributed by atoms with Crippen molar-refractivity contribution in [1.82, 2.24) is 9.97 Å². The number of carbonyl (C=O) groups is 1. The molecule has 0 aliphatic rings. The normalized spacial score (nSPS) is 10.5. The van der Waals surface area contributed by atoms with E-state index in [4.69, 9.17) is 4.74 Å². The largest absolute Gasteiger partial charge is 0.465 e. The van der Waals surface area contributed by atoms with E-state index in [-0.39, 0.29) is 12.5 Å². The first kappa shape index (κ1) is 11.9. The number of nitrogens with one attached hydrogen (secondary N) is 2. The van der Waals surface area contributed by atoms with E-state index in [1.807, 2.05) is 18.2 Å². The molecule has 90 valence electrons. The maximum atomic E-state index is 11.2. The Morgan fingerprint density at radius 1 is 1.59 bits per heavy atom. The molecule has 2 rings (SSSR count). The second kappa shape index (κ2) is 5.18. The summed E-state index contributed by atoms with van der Waals surface area (Å²) in [4.78, 5) is 18.5. The summed E-state index contributed by atoms with van der Waals surface area (Å²) in [6.45, 7) is 2.26. The van der Waals surface area contributed by atoms with Gasteiger partial charge in [0.15, 0.2) is 0 Å². The van der Waals surface area contributed by atoms with E-state index >= 15 is 0 Å². The quantitative estimate of drug-likeness (QED) is 0.850. The lowest BCUT2D eigenvalue weighted by atomic mass is 10.3. The van der Waals surface area contributed by atoms with Crippen molar-refractivity contribution >= 4 is 38.9 Å². The number of anilines is 1. The fraction of sp³-hybridized carbons (Fsp3) is 0.273. The van der Waals surface area contributed by atoms with Crippen molar-refractivity contribution in [2.75, 3.05) is 18.5 Å². The third-order valence-corrected chi connectivity index (χ3v) is 2.64. The van der Waals surface area contributed by atoms with E-state index < -0.39 is 0 Å². The molecule has 0 bridgehead atoms. The summed E-state index contributed by atoms with van der Waals surface area (Å²) in [5.41, 5.74) is 1.75. The number of esters is 1. The van der Waals surface area contributed by atoms with Crippen molar-refractivity contribution in [3.8, 4) is 0 Å². The molecule has 0 aliphatic carbocycles. The topological polar surface area (TPSA) is 67.0 Å². The van der Waals surface area contributed by atoms with Crippen molar-refractivity contribution in [1.29, 1.82) is 0 Å². The predicted octanol–water partition coefficient (Wildman–Crippen LogP) is 2.30. The van der Waals surface area contributed by atoms with Crippen LogP contribution in [0.1, 0.15) is 6.92 Å². The molecule has 5 nitrogen and oxygen atoms in total. The summed E-state index contributed by atoms with van der Waals surface area (Å²) in [5.74, 6) is 0.264. The summed E-state index contributed by atoms with van der Waals surface area (Å²) < 4.78 is 5.78. The van der Waals surface area contributed by atoms with Gasteiger partial charge in [-0.15, -0.1) is 0 Å². The van der Waals surface area contributed by atoms with Gasteiger partial charge in [-0.2, -0.15) is 0 Å². The molecule has 0 atom stereocenters. The number of H-pyrrole nitrogens is 1. The number of halogens is 1. The molecule has 0 spiro atoms. The Kier molecular flexibility index (Phi) is 3.63. The average Bonchev–Trinajstić information content (AvgIpc) is 2.68. The van der Waals surface area contributed by atoms with Gasteiger partial charge in [-0.1, -0.05) is 15.9 Å². The molecular weight excluding hydrogens is 286 g/mol. The van der Waals surface area contributed by atoms with Gasteiger partial charge < -0.3 is 15.0 Å². The summed E-state index contributed by atoms with van der Waals surface area (Å²) in [5, 5.41) is 2.88. The SMILES string of the molecule is CCOC(=O)CNc1nc2ccc(Br)cc2[nH]1. The first-order valence-corrected chi connectivity index (χ1v) is 6.03. The molecule has 17 heavy (non-hydrogen) atoms. The zero-order chi connectivity index (χ0) is 12.3. The van der Waals surface area contributed by atoms with Crippen LogP contribution in [0.15, 0.2) is 22.7 Å². The minimum absolute atomic E-state index is 0.106. The van der Waals surface area contributed by atoms with E-state index in [1.54, 1.807) is 6.92 Å². The van der Waals surface area contributed by atoms with E-state index in [2.05, 4.69) is 31.2 Å². The predicted molar refractivity (Wildman–Crippen MR) is 68.9 cm³/mol. The lowest BCUT2D eigenvalue weighted by Crippen LogP contribution is -2.17. The van der Waals surface area contributed by atoms with Gasteiger partial charge >= 0.3 is 5.97 Å². The van der Waals surface area contributed by atoms with E-state index in [9.17, 15) is 4.79 Å². The summed E-state index contributed by atoms with van der Waals surface area (Å²) in [6, 6.07) is 5.74. The maximum Gasteiger partial charge on any atom is 0.325 e. The van der Waals surface area contributed by atoms with Gasteiger partial charge in [0.2, 0.25) is 5.95 Å². The summed E-state index contributed by atoms with van der Waals surface area (Å²) in [7, 11) is 0. The van der Waals surface area contributed by atoms with Crippen LogP contribution in [0.25, 0.3) is 11.0 Å². The molecule has 0 saturated heterocycles. The Balaban J connectivity index is 2.07. The van der Waals surface area contributed by atoms with Crippen LogP contribution >= 0.6 is 15.9 Å². The molecule has 6 heteroatoms. The van der Waals surface area contributed by atoms with Crippen LogP contribution in [-0.2, 0) is 9.53 Å². The summed E-state index contributed by atoms with van der Waals surface area (Å²) >= 11 is 3.38. The van der Waals surface area contributed by atoms with Gasteiger partial charge in [0.05, 0.1) is 17.6 Å². The third kappa shape index (κ3) is 2.97. The minimum Gasteiger partial charge on any atom is -0.465 e. The minimum atomic E-state index is -0.297. The first-order valence-electron chi connectivity index (χ1n) is 5.24. The number of benzene rings is 1. The highest BCUT2D eigenvalue weighted by molar-refractivity contribution is 9.10. The lowest BCUT2D eigenvalue weighted by molar-refractivity contribution is -0.140. The number of ether oxygens (including phenoxy) is 1. The van der Waals surface area contributed by atoms with Crippen LogP contribution in [0.4, 0.5) is 5.95 Å². The Morgan fingerprint density at radius 2 is 2.41 bits per heavy atom. The van der Waals surface area contributed by atoms with E-state index in [0.29, 0.717) is 12.6 Å². The first-order chi connectivity index (χ1) is 8.19. The molecule has 0 radical (unpaired) electrons. The molecule has 2 aromatic rings. The number of rotatable bonds is 4. The Hall–Kier alpha value is -1.56. The highest BCUT2D eigenvalue weighted by Crippen LogP contribution is 2.19. The number of nitrogens with zero attached hydrogens (tertiary/aromatic N) is 1. The number of imidazole rings is 1. The number of fused-ring (bicyclic) bond motifs is 1. The molecule has 2 N–H and O–H groups in total. The van der Waals surface area contributed by atoms with Gasteiger partial charge in [0, 0.05) is 4.47 Å². The van der Waals surface area contributed by atoms with E-state index in [0.717, 1.165) is 15.5 Å². The number of hydrogen-bond acceptors (Lipinski definition) is 4. The molecule has 0 amide bonds. The second-order valence-electron chi connectivity index (χ2n) is 3.41. The van der Waals surface area contributed by atoms with Gasteiger partial charge in [-0.3, -0.25) is 4.79 Å². The third-order valence-electron chi connectivity index (χ3n) is 2.15. The van der Waals surface area contributed by atoms with Crippen LogP contribution in [0.5, 0.6) is 0 Å². The van der Waals surface area contributed by atoms with Gasteiger partial charge in [0.1, 0.15) is 6.54 Å². The Morgan fingerprint density at radius 3 is 3.18 bits per heavy atom. The number of aromatic amines is 1. The van der Waals surface area contributed by atoms with Crippen molar-refractivity contribution in [3.63, 3.8) is 0 Å². The van der Waals surface area contributed by atoms with Crippen LogP contribution in [0.3, 0.4) is 0 Å². The van der Waals surface area contributed by atoms with Crippen LogP contribution in [0.2, 0.25) is 0 Å². The molecule has 1 heterocycles. The Labute approximate surface area is 107 Å².